The van der Waals surface area contributed by atoms with Crippen LogP contribution in [0.25, 0.3) is 0 Å². The van der Waals surface area contributed by atoms with Gasteiger partial charge in [-0.3, -0.25) is 0 Å². The van der Waals surface area contributed by atoms with E-state index in [-0.39, 0.29) is 5.70 Å². The molecule has 1 unspecified atom stereocenters. The van der Waals surface area contributed by atoms with Gasteiger partial charge < -0.3 is 20.1 Å². The quantitative estimate of drug-likeness (QED) is 0.534. The number of nitrogens with one attached hydrogen (secondary N) is 2. The monoisotopic (exact) mass is 284 g/mol. The van der Waals surface area contributed by atoms with Crippen molar-refractivity contribution in [2.24, 2.45) is 0 Å². The van der Waals surface area contributed by atoms with Gasteiger partial charge >= 0.3 is 18.0 Å². The summed E-state index contributed by atoms with van der Waals surface area (Å²) >= 11 is 0. The summed E-state index contributed by atoms with van der Waals surface area (Å²) < 4.78 is 9.55. The van der Waals surface area contributed by atoms with Crippen LogP contribution in [0.15, 0.2) is 11.8 Å². The minimum absolute atomic E-state index is 0.0420. The van der Waals surface area contributed by atoms with Crippen LogP contribution in [0.3, 0.4) is 0 Å². The second-order valence-electron chi connectivity index (χ2n) is 4.38. The van der Waals surface area contributed by atoms with E-state index in [2.05, 4.69) is 22.3 Å². The Hall–Kier alpha value is -2.05. The first-order chi connectivity index (χ1) is 9.58. The first kappa shape index (κ1) is 16.0. The molecule has 20 heavy (non-hydrogen) atoms. The van der Waals surface area contributed by atoms with Crippen LogP contribution in [0.4, 0.5) is 4.79 Å². The average molecular weight is 284 g/mol. The van der Waals surface area contributed by atoms with Crippen molar-refractivity contribution >= 4 is 18.0 Å². The molecule has 1 heterocycles. The topological polar surface area (TPSA) is 93.7 Å². The zero-order valence-corrected chi connectivity index (χ0v) is 11.7. The molecule has 1 aliphatic rings. The van der Waals surface area contributed by atoms with E-state index in [0.29, 0.717) is 6.61 Å². The van der Waals surface area contributed by atoms with Crippen molar-refractivity contribution in [3.05, 3.63) is 11.8 Å². The van der Waals surface area contributed by atoms with Crippen molar-refractivity contribution in [1.29, 1.82) is 0 Å². The highest BCUT2D eigenvalue weighted by atomic mass is 16.5. The van der Waals surface area contributed by atoms with Crippen molar-refractivity contribution in [1.82, 2.24) is 10.6 Å². The first-order valence-electron chi connectivity index (χ1n) is 6.62. The lowest BCUT2D eigenvalue weighted by atomic mass is 10.2. The molecule has 0 bridgehead atoms. The third kappa shape index (κ3) is 4.91. The molecule has 0 aromatic rings. The van der Waals surface area contributed by atoms with Gasteiger partial charge in [0.1, 0.15) is 11.7 Å². The number of carbonyl (C=O) groups is 3. The van der Waals surface area contributed by atoms with Crippen LogP contribution in [-0.4, -0.2) is 37.7 Å². The van der Waals surface area contributed by atoms with Crippen molar-refractivity contribution < 1.29 is 23.9 Å². The minimum Gasteiger partial charge on any atom is -0.467 e. The second kappa shape index (κ2) is 8.19. The molecule has 0 spiro atoms. The summed E-state index contributed by atoms with van der Waals surface area (Å²) in [4.78, 5) is 34.4. The molecule has 1 atom stereocenters. The van der Waals surface area contributed by atoms with Crippen LogP contribution in [0, 0.1) is 0 Å². The van der Waals surface area contributed by atoms with Crippen LogP contribution in [0.5, 0.6) is 0 Å². The molecule has 112 valence electrons. The second-order valence-corrected chi connectivity index (χ2v) is 4.38. The molecular weight excluding hydrogens is 264 g/mol. The standard InChI is InChI=1S/C13H20N2O5/c1-3-4-5-6-7-20-12(17)10-8-9(11(16)19-2)14-13(18)15-10/h8-9H,3-7H2,1-2H3,(H2,14,15,18). The molecule has 0 saturated carbocycles. The van der Waals surface area contributed by atoms with E-state index in [1.807, 2.05) is 0 Å². The normalized spacial score (nSPS) is 17.6. The van der Waals surface area contributed by atoms with Crippen LogP contribution < -0.4 is 10.6 Å². The van der Waals surface area contributed by atoms with Gasteiger partial charge in [-0.25, -0.2) is 14.4 Å². The van der Waals surface area contributed by atoms with E-state index < -0.39 is 24.0 Å². The zero-order valence-electron chi connectivity index (χ0n) is 11.7. The molecule has 1 rings (SSSR count). The number of hydrogen-bond donors (Lipinski definition) is 2. The lowest BCUT2D eigenvalue weighted by Gasteiger charge is -2.20. The third-order valence-corrected chi connectivity index (χ3v) is 2.77. The average Bonchev–Trinajstić information content (AvgIpc) is 2.45. The molecule has 7 nitrogen and oxygen atoms in total. The van der Waals surface area contributed by atoms with Crippen molar-refractivity contribution in [2.45, 2.75) is 38.6 Å². The summed E-state index contributed by atoms with van der Waals surface area (Å²) in [6.07, 6.45) is 5.23. The molecule has 0 aliphatic carbocycles. The maximum Gasteiger partial charge on any atom is 0.354 e. The Kier molecular flexibility index (Phi) is 6.55. The van der Waals surface area contributed by atoms with Crippen LogP contribution in [-0.2, 0) is 19.1 Å². The molecule has 7 heteroatoms. The highest BCUT2D eigenvalue weighted by Crippen LogP contribution is 2.06. The van der Waals surface area contributed by atoms with E-state index in [1.54, 1.807) is 0 Å². The van der Waals surface area contributed by atoms with Gasteiger partial charge in [-0.05, 0) is 12.5 Å². The van der Waals surface area contributed by atoms with Gasteiger partial charge in [0.25, 0.3) is 0 Å². The van der Waals surface area contributed by atoms with Crippen molar-refractivity contribution in [3.8, 4) is 0 Å². The van der Waals surface area contributed by atoms with E-state index in [4.69, 9.17) is 4.74 Å². The van der Waals surface area contributed by atoms with Gasteiger partial charge in [-0.2, -0.15) is 0 Å². The highest BCUT2D eigenvalue weighted by molar-refractivity contribution is 5.98. The summed E-state index contributed by atoms with van der Waals surface area (Å²) in [5.41, 5.74) is -0.0420. The maximum atomic E-state index is 11.7. The number of urea groups is 1. The molecular formula is C13H20N2O5. The molecule has 0 radical (unpaired) electrons. The van der Waals surface area contributed by atoms with E-state index >= 15 is 0 Å². The summed E-state index contributed by atoms with van der Waals surface area (Å²) in [5.74, 6) is -1.29. The summed E-state index contributed by atoms with van der Waals surface area (Å²) in [5, 5.41) is 4.63. The van der Waals surface area contributed by atoms with Crippen molar-refractivity contribution in [3.63, 3.8) is 0 Å². The number of amides is 2. The molecule has 0 saturated heterocycles. The minimum atomic E-state index is -0.976. The molecule has 2 amide bonds. The van der Waals surface area contributed by atoms with Crippen LogP contribution >= 0.6 is 0 Å². The summed E-state index contributed by atoms with van der Waals surface area (Å²) in [6.45, 7) is 2.39. The number of hydrogen-bond acceptors (Lipinski definition) is 5. The first-order valence-corrected chi connectivity index (χ1v) is 6.62. The van der Waals surface area contributed by atoms with E-state index in [9.17, 15) is 14.4 Å². The Morgan fingerprint density at radius 1 is 1.30 bits per heavy atom. The number of ether oxygens (including phenoxy) is 2. The Labute approximate surface area is 117 Å². The molecule has 0 aromatic carbocycles. The van der Waals surface area contributed by atoms with Gasteiger partial charge in [0.05, 0.1) is 13.7 Å². The maximum absolute atomic E-state index is 11.7. The summed E-state index contributed by atoms with van der Waals surface area (Å²) in [7, 11) is 1.20. The Morgan fingerprint density at radius 3 is 2.70 bits per heavy atom. The summed E-state index contributed by atoms with van der Waals surface area (Å²) in [6, 6.07) is -1.61. The number of esters is 2. The Morgan fingerprint density at radius 2 is 2.05 bits per heavy atom. The number of carbonyl (C=O) groups excluding carboxylic acids is 3. The fraction of sp³-hybridized carbons (Fsp3) is 0.615. The smallest absolute Gasteiger partial charge is 0.354 e. The zero-order chi connectivity index (χ0) is 15.0. The predicted octanol–water partition coefficient (Wildman–Crippen LogP) is 0.848. The third-order valence-electron chi connectivity index (χ3n) is 2.77. The highest BCUT2D eigenvalue weighted by Gasteiger charge is 2.28. The van der Waals surface area contributed by atoms with E-state index in [1.165, 1.54) is 13.2 Å². The van der Waals surface area contributed by atoms with Gasteiger partial charge in [-0.1, -0.05) is 26.2 Å². The number of methoxy groups -OCH3 is 1. The molecule has 2 N–H and O–H groups in total. The molecule has 0 fully saturated rings. The van der Waals surface area contributed by atoms with Gasteiger partial charge in [0.2, 0.25) is 0 Å². The van der Waals surface area contributed by atoms with Crippen molar-refractivity contribution in [2.75, 3.05) is 13.7 Å². The number of unbranched alkanes of at least 4 members (excludes halogenated alkanes) is 3. The Balaban J connectivity index is 2.50. The fourth-order valence-electron chi connectivity index (χ4n) is 1.69. The van der Waals surface area contributed by atoms with Gasteiger partial charge in [0, 0.05) is 0 Å². The van der Waals surface area contributed by atoms with Crippen LogP contribution in [0.1, 0.15) is 32.6 Å². The van der Waals surface area contributed by atoms with Gasteiger partial charge in [0.15, 0.2) is 0 Å². The molecule has 1 aliphatic heterocycles. The SMILES string of the molecule is CCCCCCOC(=O)C1=CC(C(=O)OC)NC(=O)N1. The van der Waals surface area contributed by atoms with Crippen LogP contribution in [0.2, 0.25) is 0 Å². The van der Waals surface area contributed by atoms with E-state index in [0.717, 1.165) is 25.7 Å². The predicted molar refractivity (Wildman–Crippen MR) is 70.7 cm³/mol. The lowest BCUT2D eigenvalue weighted by molar-refractivity contribution is -0.141. The largest absolute Gasteiger partial charge is 0.467 e. The number of rotatable bonds is 7. The van der Waals surface area contributed by atoms with Gasteiger partial charge in [-0.15, -0.1) is 0 Å². The molecule has 0 aromatic heterocycles. The Bertz CT molecular complexity index is 406. The lowest BCUT2D eigenvalue weighted by Crippen LogP contribution is -2.50. The fourth-order valence-corrected chi connectivity index (χ4v) is 1.69.